The summed E-state index contributed by atoms with van der Waals surface area (Å²) in [5.74, 6) is 1.13. The number of hydrogen-bond acceptors (Lipinski definition) is 6. The fourth-order valence-corrected chi connectivity index (χ4v) is 3.91. The van der Waals surface area contributed by atoms with Gasteiger partial charge in [-0.2, -0.15) is 10.2 Å². The first-order valence-corrected chi connectivity index (χ1v) is 9.29. The lowest BCUT2D eigenvalue weighted by Gasteiger charge is -2.11. The predicted molar refractivity (Wildman–Crippen MR) is 108 cm³/mol. The van der Waals surface area contributed by atoms with Crippen LogP contribution in [0.5, 0.6) is 5.75 Å². The molecule has 0 spiro atoms. The summed E-state index contributed by atoms with van der Waals surface area (Å²) < 4.78 is 9.07. The van der Waals surface area contributed by atoms with Gasteiger partial charge in [0.2, 0.25) is 5.95 Å². The molecule has 0 aliphatic carbocycles. The van der Waals surface area contributed by atoms with Crippen LogP contribution in [0.1, 0.15) is 17.2 Å². The molecule has 9 nitrogen and oxygen atoms in total. The van der Waals surface area contributed by atoms with Gasteiger partial charge in [-0.15, -0.1) is 0 Å². The van der Waals surface area contributed by atoms with Crippen molar-refractivity contribution in [1.82, 2.24) is 29.1 Å². The predicted octanol–water partition coefficient (Wildman–Crippen LogP) is 2.31. The molecule has 9 heteroatoms. The maximum absolute atomic E-state index is 12.8. The number of nitriles is 1. The fourth-order valence-electron chi connectivity index (χ4n) is 3.91. The minimum absolute atomic E-state index is 0.274. The molecule has 1 aliphatic heterocycles. The summed E-state index contributed by atoms with van der Waals surface area (Å²) >= 11 is 0. The average Bonchev–Trinajstić information content (AvgIpc) is 3.47. The molecule has 0 radical (unpaired) electrons. The number of ether oxygens (including phenoxy) is 1. The van der Waals surface area contributed by atoms with Crippen molar-refractivity contribution in [3.63, 3.8) is 0 Å². The molecule has 1 atom stereocenters. The second-order valence-corrected chi connectivity index (χ2v) is 7.00. The highest BCUT2D eigenvalue weighted by atomic mass is 16.5. The molecule has 1 aliphatic rings. The third-order valence-electron chi connectivity index (χ3n) is 5.32. The monoisotopic (exact) mass is 395 g/mol. The third kappa shape index (κ3) is 2.28. The maximum atomic E-state index is 12.8. The number of benzene rings is 2. The Balaban J connectivity index is 1.55. The first-order chi connectivity index (χ1) is 14.7. The van der Waals surface area contributed by atoms with Crippen LogP contribution in [0.25, 0.3) is 28.1 Å². The van der Waals surface area contributed by atoms with Gasteiger partial charge in [0.15, 0.2) is 5.65 Å². The van der Waals surface area contributed by atoms with Crippen LogP contribution < -0.4 is 10.4 Å². The van der Waals surface area contributed by atoms with E-state index < -0.39 is 0 Å². The van der Waals surface area contributed by atoms with Crippen molar-refractivity contribution in [2.24, 2.45) is 0 Å². The molecular weight excluding hydrogens is 382 g/mol. The molecule has 3 aromatic heterocycles. The molecule has 0 bridgehead atoms. The molecule has 1 unspecified atom stereocenters. The summed E-state index contributed by atoms with van der Waals surface area (Å²) in [6.07, 6.45) is 3.19. The van der Waals surface area contributed by atoms with Crippen LogP contribution in [0.2, 0.25) is 0 Å². The molecule has 0 fully saturated rings. The number of para-hydroxylation sites is 1. The Bertz CT molecular complexity index is 1550. The zero-order valence-corrected chi connectivity index (χ0v) is 15.5. The van der Waals surface area contributed by atoms with Gasteiger partial charge in [0.05, 0.1) is 28.9 Å². The second-order valence-electron chi connectivity index (χ2n) is 7.00. The topological polar surface area (TPSA) is 114 Å². The largest absolute Gasteiger partial charge is 0.491 e. The Morgan fingerprint density at radius 3 is 3.00 bits per heavy atom. The summed E-state index contributed by atoms with van der Waals surface area (Å²) in [6, 6.07) is 14.7. The molecule has 6 rings (SSSR count). The van der Waals surface area contributed by atoms with E-state index in [9.17, 15) is 10.1 Å². The van der Waals surface area contributed by atoms with Gasteiger partial charge in [-0.1, -0.05) is 18.2 Å². The maximum Gasteiger partial charge on any atom is 0.328 e. The van der Waals surface area contributed by atoms with E-state index in [4.69, 9.17) is 4.74 Å². The highest BCUT2D eigenvalue weighted by Gasteiger charge is 2.29. The van der Waals surface area contributed by atoms with Gasteiger partial charge in [0, 0.05) is 5.56 Å². The SMILES string of the molecule is N#Cc1ccc2ncn(-c3ncc4[nH]c(=O)n(C5COc6ccccc65)c4n3)c2c1. The standard InChI is InChI=1S/C21H13N7O2/c22-8-12-5-6-14-16(7-12)27(11-24-14)20-23-9-15-19(26-20)28(21(29)25-15)17-10-30-18-4-2-1-3-13(17)18/h1-7,9,11,17H,10H2,(H,25,29). The summed E-state index contributed by atoms with van der Waals surface area (Å²) in [6.45, 7) is 0.352. The first kappa shape index (κ1) is 16.5. The van der Waals surface area contributed by atoms with E-state index in [1.807, 2.05) is 24.3 Å². The lowest BCUT2D eigenvalue weighted by Crippen LogP contribution is -2.24. The lowest BCUT2D eigenvalue weighted by molar-refractivity contribution is 0.316. The quantitative estimate of drug-likeness (QED) is 0.491. The van der Waals surface area contributed by atoms with Crippen LogP contribution in [0.15, 0.2) is 59.8 Å². The number of aromatic amines is 1. The van der Waals surface area contributed by atoms with Gasteiger partial charge in [-0.25, -0.2) is 14.8 Å². The molecule has 144 valence electrons. The molecular formula is C21H13N7O2. The highest BCUT2D eigenvalue weighted by Crippen LogP contribution is 2.34. The fraction of sp³-hybridized carbons (Fsp3) is 0.0952. The summed E-state index contributed by atoms with van der Waals surface area (Å²) in [7, 11) is 0. The molecule has 30 heavy (non-hydrogen) atoms. The van der Waals surface area contributed by atoms with Crippen molar-refractivity contribution >= 4 is 22.2 Å². The number of rotatable bonds is 2. The molecule has 0 saturated heterocycles. The van der Waals surface area contributed by atoms with Gasteiger partial charge in [-0.3, -0.25) is 9.13 Å². The van der Waals surface area contributed by atoms with Crippen LogP contribution in [-0.4, -0.2) is 35.7 Å². The van der Waals surface area contributed by atoms with Crippen molar-refractivity contribution in [2.75, 3.05) is 6.61 Å². The van der Waals surface area contributed by atoms with Gasteiger partial charge < -0.3 is 9.72 Å². The normalized spacial score (nSPS) is 15.2. The van der Waals surface area contributed by atoms with E-state index in [1.165, 1.54) is 0 Å². The van der Waals surface area contributed by atoms with Crippen LogP contribution in [0.4, 0.5) is 0 Å². The summed E-state index contributed by atoms with van der Waals surface area (Å²) in [4.78, 5) is 29.0. The number of hydrogen-bond donors (Lipinski definition) is 1. The minimum Gasteiger partial charge on any atom is -0.491 e. The van der Waals surface area contributed by atoms with E-state index in [0.717, 1.165) is 16.8 Å². The van der Waals surface area contributed by atoms with E-state index in [1.54, 1.807) is 39.9 Å². The third-order valence-corrected chi connectivity index (χ3v) is 5.32. The van der Waals surface area contributed by atoms with Crippen LogP contribution >= 0.6 is 0 Å². The molecule has 0 saturated carbocycles. The van der Waals surface area contributed by atoms with Crippen LogP contribution in [0.3, 0.4) is 0 Å². The molecule has 5 aromatic rings. The van der Waals surface area contributed by atoms with Crippen molar-refractivity contribution in [1.29, 1.82) is 5.26 Å². The number of H-pyrrole nitrogens is 1. The molecule has 2 aromatic carbocycles. The molecule has 4 heterocycles. The Morgan fingerprint density at radius 1 is 1.20 bits per heavy atom. The zero-order chi connectivity index (χ0) is 20.2. The molecule has 0 amide bonds. The van der Waals surface area contributed by atoms with E-state index in [2.05, 4.69) is 26.0 Å². The Kier molecular flexibility index (Phi) is 3.31. The highest BCUT2D eigenvalue weighted by molar-refractivity contribution is 5.79. The van der Waals surface area contributed by atoms with Crippen molar-refractivity contribution in [3.05, 3.63) is 76.6 Å². The Labute approximate surface area is 168 Å². The second kappa shape index (κ2) is 6.02. The van der Waals surface area contributed by atoms with E-state index >= 15 is 0 Å². The zero-order valence-electron chi connectivity index (χ0n) is 15.5. The first-order valence-electron chi connectivity index (χ1n) is 9.29. The van der Waals surface area contributed by atoms with Gasteiger partial charge in [0.1, 0.15) is 30.2 Å². The Hall–Kier alpha value is -4.45. The minimum atomic E-state index is -0.282. The van der Waals surface area contributed by atoms with Crippen LogP contribution in [0, 0.1) is 11.3 Å². The van der Waals surface area contributed by atoms with Crippen LogP contribution in [-0.2, 0) is 0 Å². The number of aromatic nitrogens is 6. The van der Waals surface area contributed by atoms with Crippen molar-refractivity contribution in [3.8, 4) is 17.8 Å². The average molecular weight is 395 g/mol. The number of imidazole rings is 2. The summed E-state index contributed by atoms with van der Waals surface area (Å²) in [5.41, 5.74) is 3.64. The van der Waals surface area contributed by atoms with Gasteiger partial charge in [0.25, 0.3) is 0 Å². The van der Waals surface area contributed by atoms with Gasteiger partial charge in [-0.05, 0) is 24.3 Å². The van der Waals surface area contributed by atoms with E-state index in [-0.39, 0.29) is 11.7 Å². The Morgan fingerprint density at radius 2 is 2.10 bits per heavy atom. The van der Waals surface area contributed by atoms with Crippen molar-refractivity contribution < 1.29 is 4.74 Å². The van der Waals surface area contributed by atoms with E-state index in [0.29, 0.717) is 34.8 Å². The number of fused-ring (bicyclic) bond motifs is 3. The lowest BCUT2D eigenvalue weighted by atomic mass is 10.1. The van der Waals surface area contributed by atoms with Crippen molar-refractivity contribution in [2.45, 2.75) is 6.04 Å². The number of nitrogens with one attached hydrogen (secondary N) is 1. The number of nitrogens with zero attached hydrogens (tertiary/aromatic N) is 6. The van der Waals surface area contributed by atoms with Gasteiger partial charge >= 0.3 is 5.69 Å². The smallest absolute Gasteiger partial charge is 0.328 e. The summed E-state index contributed by atoms with van der Waals surface area (Å²) in [5, 5.41) is 9.21. The molecule has 1 N–H and O–H groups in total.